The standard InChI is InChI=1S/C38H42N8O4/c1-26-8-7-11-30(36(26)44(40-2)22-29-12-16-31(39)17-13-29)23-43-24-34-45(33(37(43)49)20-27-14-18-32(47)19-15-27)35(48)25-42(3)46(34)38(50)41-21-28-9-5-4-6-10-28/h4-19,33-34,47H,2,20-25,39H2,1,3H3,(H,41,50)/t33-,34?/m0/s1. The minimum Gasteiger partial charge on any atom is -0.508 e. The lowest BCUT2D eigenvalue weighted by molar-refractivity contribution is -0.187. The normalized spacial score (nSPS) is 17.8. The van der Waals surface area contributed by atoms with Gasteiger partial charge in [-0.2, -0.15) is 5.10 Å². The fourth-order valence-corrected chi connectivity index (χ4v) is 6.78. The van der Waals surface area contributed by atoms with Gasteiger partial charge in [-0.15, -0.1) is 0 Å². The second kappa shape index (κ2) is 14.7. The van der Waals surface area contributed by atoms with E-state index in [2.05, 4.69) is 17.1 Å². The number of phenolic OH excluding ortho intramolecular Hbond substituents is 1. The first-order valence-electron chi connectivity index (χ1n) is 16.5. The largest absolute Gasteiger partial charge is 0.508 e. The van der Waals surface area contributed by atoms with Crippen molar-refractivity contribution in [3.8, 4) is 5.75 Å². The number of carbonyl (C=O) groups excluding carboxylic acids is 3. The fourth-order valence-electron chi connectivity index (χ4n) is 6.78. The highest BCUT2D eigenvalue weighted by Gasteiger charge is 2.50. The summed E-state index contributed by atoms with van der Waals surface area (Å²) in [5, 5.41) is 22.2. The van der Waals surface area contributed by atoms with Gasteiger partial charge >= 0.3 is 6.03 Å². The van der Waals surface area contributed by atoms with Gasteiger partial charge in [-0.25, -0.2) is 14.8 Å². The number of nitrogens with zero attached hydrogens (tertiary/aromatic N) is 6. The smallest absolute Gasteiger partial charge is 0.334 e. The van der Waals surface area contributed by atoms with Crippen LogP contribution in [0.4, 0.5) is 16.2 Å². The molecule has 2 aliphatic rings. The topological polar surface area (TPSA) is 138 Å². The van der Waals surface area contributed by atoms with Crippen molar-refractivity contribution in [1.82, 2.24) is 25.1 Å². The molecule has 2 saturated heterocycles. The summed E-state index contributed by atoms with van der Waals surface area (Å²) < 4.78 is 0. The zero-order chi connectivity index (χ0) is 35.4. The number of rotatable bonds is 10. The second-order valence-corrected chi connectivity index (χ2v) is 12.7. The van der Waals surface area contributed by atoms with Gasteiger partial charge in [0.1, 0.15) is 18.0 Å². The van der Waals surface area contributed by atoms with Crippen molar-refractivity contribution in [2.45, 2.75) is 45.2 Å². The number of aryl methyl sites for hydroxylation is 1. The lowest BCUT2D eigenvalue weighted by Gasteiger charge is -2.54. The van der Waals surface area contributed by atoms with Crippen molar-refractivity contribution in [2.24, 2.45) is 5.10 Å². The molecule has 4 N–H and O–H groups in total. The Hall–Kier alpha value is -5.88. The minimum atomic E-state index is -0.888. The molecule has 4 amide bonds. The van der Waals surface area contributed by atoms with Gasteiger partial charge in [-0.3, -0.25) is 14.6 Å². The van der Waals surface area contributed by atoms with Gasteiger partial charge in [-0.05, 0) is 59.0 Å². The molecule has 6 rings (SSSR count). The maximum atomic E-state index is 14.5. The molecule has 0 bridgehead atoms. The number of piperazine rings is 1. The van der Waals surface area contributed by atoms with E-state index < -0.39 is 12.2 Å². The Morgan fingerprint density at radius 2 is 1.66 bits per heavy atom. The van der Waals surface area contributed by atoms with Crippen LogP contribution in [0.2, 0.25) is 0 Å². The number of likely N-dealkylation sites (N-methyl/N-ethyl adjacent to an activating group) is 1. The highest BCUT2D eigenvalue weighted by Crippen LogP contribution is 2.33. The molecule has 12 heteroatoms. The van der Waals surface area contributed by atoms with Gasteiger partial charge in [0, 0.05) is 39.0 Å². The molecule has 50 heavy (non-hydrogen) atoms. The molecule has 0 aromatic heterocycles. The Labute approximate surface area is 292 Å². The number of aromatic hydroxyl groups is 1. The number of amides is 4. The maximum Gasteiger partial charge on any atom is 0.334 e. The summed E-state index contributed by atoms with van der Waals surface area (Å²) in [4.78, 5) is 45.4. The van der Waals surface area contributed by atoms with Crippen molar-refractivity contribution in [1.29, 1.82) is 0 Å². The number of carbonyl (C=O) groups is 3. The molecule has 2 fully saturated rings. The molecule has 2 atom stereocenters. The number of hydrogen-bond donors (Lipinski definition) is 3. The summed E-state index contributed by atoms with van der Waals surface area (Å²) >= 11 is 0. The summed E-state index contributed by atoms with van der Waals surface area (Å²) in [7, 11) is 1.70. The van der Waals surface area contributed by atoms with Crippen LogP contribution in [0.3, 0.4) is 0 Å². The molecule has 0 aliphatic carbocycles. The number of phenols is 1. The second-order valence-electron chi connectivity index (χ2n) is 12.7. The first-order valence-corrected chi connectivity index (χ1v) is 16.5. The molecule has 1 unspecified atom stereocenters. The molecule has 12 nitrogen and oxygen atoms in total. The molecule has 0 saturated carbocycles. The van der Waals surface area contributed by atoms with Crippen molar-refractivity contribution in [3.05, 3.63) is 125 Å². The van der Waals surface area contributed by atoms with Gasteiger partial charge in [0.15, 0.2) is 0 Å². The van der Waals surface area contributed by atoms with Crippen LogP contribution in [-0.4, -0.2) is 81.8 Å². The molecule has 258 valence electrons. The number of nitrogens with one attached hydrogen (secondary N) is 1. The van der Waals surface area contributed by atoms with Crippen molar-refractivity contribution in [2.75, 3.05) is 30.9 Å². The predicted molar refractivity (Wildman–Crippen MR) is 193 cm³/mol. The van der Waals surface area contributed by atoms with E-state index in [4.69, 9.17) is 5.73 Å². The van der Waals surface area contributed by atoms with Gasteiger partial charge in [0.25, 0.3) is 0 Å². The Morgan fingerprint density at radius 3 is 2.36 bits per heavy atom. The van der Waals surface area contributed by atoms with E-state index in [0.717, 1.165) is 33.5 Å². The van der Waals surface area contributed by atoms with E-state index in [9.17, 15) is 19.5 Å². The zero-order valence-electron chi connectivity index (χ0n) is 28.3. The SMILES string of the molecule is C=NN(Cc1ccc(N)cc1)c1c(C)cccc1CN1CC2N(C(=O)CN(C)N2C(=O)NCc2ccccc2)[C@@H](Cc2ccc(O)cc2)C1=O. The molecule has 2 aliphatic heterocycles. The number of urea groups is 1. The quantitative estimate of drug-likeness (QED) is 0.131. The number of benzene rings is 4. The summed E-state index contributed by atoms with van der Waals surface area (Å²) in [5.74, 6) is -0.379. The Bertz CT molecular complexity index is 1850. The maximum absolute atomic E-state index is 14.5. The number of nitrogen functional groups attached to an aromatic ring is 1. The van der Waals surface area contributed by atoms with Crippen LogP contribution in [0.5, 0.6) is 5.75 Å². The van der Waals surface area contributed by atoms with Crippen LogP contribution in [0, 0.1) is 6.92 Å². The Kier molecular flexibility index (Phi) is 10.0. The lowest BCUT2D eigenvalue weighted by atomic mass is 9.97. The third kappa shape index (κ3) is 7.25. The van der Waals surface area contributed by atoms with Crippen LogP contribution < -0.4 is 16.1 Å². The average Bonchev–Trinajstić information content (AvgIpc) is 3.10. The first kappa shape index (κ1) is 34.0. The fraction of sp³-hybridized carbons (Fsp3) is 0.263. The lowest BCUT2D eigenvalue weighted by Crippen LogP contribution is -2.76. The third-order valence-electron chi connectivity index (χ3n) is 9.22. The van der Waals surface area contributed by atoms with E-state index >= 15 is 0 Å². The van der Waals surface area contributed by atoms with Gasteiger partial charge < -0.3 is 26.0 Å². The van der Waals surface area contributed by atoms with Gasteiger partial charge in [-0.1, -0.05) is 72.8 Å². The number of hydrazone groups is 1. The number of hydrazine groups is 1. The number of hydrogen-bond acceptors (Lipinski definition) is 8. The first-order chi connectivity index (χ1) is 24.1. The number of para-hydroxylation sites is 1. The van der Waals surface area contributed by atoms with E-state index in [1.807, 2.05) is 84.7 Å². The van der Waals surface area contributed by atoms with Crippen LogP contribution in [-0.2, 0) is 35.6 Å². The molecule has 2 heterocycles. The molecular formula is C38H42N8O4. The molecular weight excluding hydrogens is 632 g/mol. The van der Waals surface area contributed by atoms with Crippen LogP contribution in [0.1, 0.15) is 27.8 Å². The van der Waals surface area contributed by atoms with Crippen LogP contribution >= 0.6 is 0 Å². The predicted octanol–water partition coefficient (Wildman–Crippen LogP) is 4.09. The van der Waals surface area contributed by atoms with Gasteiger partial charge in [0.2, 0.25) is 11.8 Å². The van der Waals surface area contributed by atoms with Crippen molar-refractivity contribution in [3.63, 3.8) is 0 Å². The van der Waals surface area contributed by atoms with Crippen molar-refractivity contribution >= 4 is 35.9 Å². The molecule has 0 radical (unpaired) electrons. The number of fused-ring (bicyclic) bond motifs is 1. The van der Waals surface area contributed by atoms with E-state index in [1.54, 1.807) is 51.1 Å². The summed E-state index contributed by atoms with van der Waals surface area (Å²) in [6.07, 6.45) is -0.562. The number of nitrogens with two attached hydrogens (primary N) is 1. The highest BCUT2D eigenvalue weighted by molar-refractivity contribution is 5.91. The van der Waals surface area contributed by atoms with Crippen LogP contribution in [0.15, 0.2) is 102 Å². The number of anilines is 2. The van der Waals surface area contributed by atoms with E-state index in [1.165, 1.54) is 0 Å². The Balaban J connectivity index is 1.34. The molecule has 4 aromatic rings. The van der Waals surface area contributed by atoms with Crippen LogP contribution in [0.25, 0.3) is 0 Å². The average molecular weight is 675 g/mol. The monoisotopic (exact) mass is 674 g/mol. The summed E-state index contributed by atoms with van der Waals surface area (Å²) in [6.45, 7) is 6.80. The minimum absolute atomic E-state index is 0.0677. The van der Waals surface area contributed by atoms with E-state index in [-0.39, 0.29) is 49.7 Å². The van der Waals surface area contributed by atoms with Gasteiger partial charge in [0.05, 0.1) is 25.3 Å². The summed E-state index contributed by atoms with van der Waals surface area (Å²) in [6, 6.07) is 28.4. The summed E-state index contributed by atoms with van der Waals surface area (Å²) in [5.41, 5.74) is 11.9. The van der Waals surface area contributed by atoms with E-state index in [0.29, 0.717) is 18.8 Å². The highest BCUT2D eigenvalue weighted by atomic mass is 16.3. The Morgan fingerprint density at radius 1 is 0.960 bits per heavy atom. The molecule has 0 spiro atoms. The third-order valence-corrected chi connectivity index (χ3v) is 9.22. The molecule has 4 aromatic carbocycles. The zero-order valence-corrected chi connectivity index (χ0v) is 28.3. The van der Waals surface area contributed by atoms with Crippen molar-refractivity contribution < 1.29 is 19.5 Å².